The molecule has 0 aliphatic heterocycles. The summed E-state index contributed by atoms with van der Waals surface area (Å²) in [5.74, 6) is -15.1. The number of nitrogens with one attached hydrogen (secondary N) is 13. The third-order valence-electron chi connectivity index (χ3n) is 17.4. The maximum Gasteiger partial charge on any atom is 0.299 e. The Kier molecular flexibility index (Phi) is 42.0. The summed E-state index contributed by atoms with van der Waals surface area (Å²) in [6.45, 7) is 14.0. The molecule has 0 aliphatic rings. The van der Waals surface area contributed by atoms with Crippen molar-refractivity contribution in [1.29, 1.82) is 0 Å². The van der Waals surface area contributed by atoms with E-state index in [0.29, 0.717) is 6.42 Å². The van der Waals surface area contributed by atoms with E-state index in [4.69, 9.17) is 45.9 Å². The smallest absolute Gasteiger partial charge is 0.299 e. The monoisotopic (exact) mass is 1590 g/mol. The Hall–Kier alpha value is -12.3. The van der Waals surface area contributed by atoms with Crippen LogP contribution in [0.4, 0.5) is 22.7 Å². The number of amides is 13. The van der Waals surface area contributed by atoms with Crippen LogP contribution in [0.2, 0.25) is 0 Å². The van der Waals surface area contributed by atoms with E-state index in [0.717, 1.165) is 25.1 Å². The largest absolute Gasteiger partial charge is 0.398 e. The fraction of sp³-hybridized carbons (Fsp3) is 0.594. The van der Waals surface area contributed by atoms with Gasteiger partial charge in [0, 0.05) is 37.9 Å². The molecular formula is C69H114N26O18. The van der Waals surface area contributed by atoms with Gasteiger partial charge in [-0.2, -0.15) is 0 Å². The van der Waals surface area contributed by atoms with Crippen molar-refractivity contribution in [2.45, 2.75) is 200 Å². The Morgan fingerprint density at radius 3 is 1.30 bits per heavy atom. The number of para-hydroxylation sites is 1. The number of nitrogens with zero attached hydrogens (tertiary/aromatic N) is 5. The van der Waals surface area contributed by atoms with E-state index >= 15 is 0 Å². The van der Waals surface area contributed by atoms with Gasteiger partial charge in [0.05, 0.1) is 40.7 Å². The van der Waals surface area contributed by atoms with Crippen LogP contribution in [0.1, 0.15) is 144 Å². The van der Waals surface area contributed by atoms with Crippen molar-refractivity contribution in [3.8, 4) is 0 Å². The number of non-ortho nitro benzene ring substituents is 1. The lowest BCUT2D eigenvalue weighted by Gasteiger charge is -2.31. The number of nitrogen functional groups attached to an aromatic ring is 1. The molecule has 44 heteroatoms. The molecule has 12 atom stereocenters. The molecule has 0 aliphatic carbocycles. The minimum atomic E-state index is -1.85. The molecular weight excluding hydrogens is 1480 g/mol. The highest BCUT2D eigenvalue weighted by Gasteiger charge is 2.39. The molecule has 0 radical (unpaired) electrons. The molecule has 2 aromatic carbocycles. The van der Waals surface area contributed by atoms with E-state index in [1.54, 1.807) is 53.7 Å². The summed E-state index contributed by atoms with van der Waals surface area (Å²) in [5, 5.41) is 67.6. The van der Waals surface area contributed by atoms with Gasteiger partial charge in [-0.15, -0.1) is 0 Å². The van der Waals surface area contributed by atoms with Gasteiger partial charge in [0.15, 0.2) is 17.9 Å². The van der Waals surface area contributed by atoms with Crippen molar-refractivity contribution in [3.63, 3.8) is 0 Å². The molecule has 628 valence electrons. The van der Waals surface area contributed by atoms with Crippen LogP contribution < -0.4 is 115 Å². The Morgan fingerprint density at radius 2 is 0.858 bits per heavy atom. The number of aliphatic hydroxyl groups is 1. The number of hydrogen-bond donors (Lipinski definition) is 22. The van der Waals surface area contributed by atoms with E-state index in [1.165, 1.54) is 32.9 Å². The van der Waals surface area contributed by atoms with Gasteiger partial charge in [-0.25, -0.2) is 0 Å². The molecule has 44 nitrogen and oxygen atoms in total. The number of nitro benzene ring substituents is 2. The minimum absolute atomic E-state index is 0.0134. The Morgan fingerprint density at radius 1 is 0.451 bits per heavy atom. The number of nitrogens with two attached hydrogens (primary N) is 8. The zero-order valence-corrected chi connectivity index (χ0v) is 65.3. The quantitative estimate of drug-likeness (QED) is 0.00737. The number of carbonyl (C=O) groups is 13. The summed E-state index contributed by atoms with van der Waals surface area (Å²) in [4.78, 5) is 213. The number of benzene rings is 2. The molecule has 0 saturated heterocycles. The number of anilines is 2. The number of aliphatic hydroxyl groups excluding tert-OH is 1. The first-order valence-corrected chi connectivity index (χ1v) is 36.7. The van der Waals surface area contributed by atoms with Crippen LogP contribution in [-0.4, -0.2) is 215 Å². The second-order valence-corrected chi connectivity index (χ2v) is 27.8. The van der Waals surface area contributed by atoms with Crippen LogP contribution in [0.15, 0.2) is 57.4 Å². The Labute approximate surface area is 653 Å². The highest BCUT2D eigenvalue weighted by Crippen LogP contribution is 2.29. The standard InChI is InChI=1S/C69H114N26O18/c1-11-37(8)54(92-64(107)53(36(6)7)90-63(106)51(34(2)3)89-50(98)33-82-49(97)32-83-58(101)41-19-12-13-20-42(41)70)65(108)84-38(9)57(100)93-55(39(10)96)66(109)91-52(35(4)5)62(105)88-45(21-14-15-27-78-43-26-25-40(94(110)111)31-48(43)95(112)113)60(103)87-47(24-18-30-81-69(76)77)61(104)86-46(23-17-29-80-68(74)75)59(102)85-44(56(71)99)22-16-28-79-67(72)73/h12-13,19-20,25-26,31,34-39,44-47,51-55,78,96H,11,14-18,21-24,27-30,32-33,70H2,1-10H3,(H2,71,99)(H,82,97)(H,83,101)(H,84,108)(H,85,102)(H,86,104)(H,87,103)(H,88,105)(H,89,98)(H,90,106)(H,91,109)(H,92,107)(H,93,100)(H4,72,73,79)(H4,74,75,80)(H4,76,77,81). The fourth-order valence-corrected chi connectivity index (χ4v) is 10.8. The minimum Gasteiger partial charge on any atom is -0.398 e. The van der Waals surface area contributed by atoms with Crippen LogP contribution in [0.25, 0.3) is 0 Å². The first-order valence-electron chi connectivity index (χ1n) is 36.7. The summed E-state index contributed by atoms with van der Waals surface area (Å²) < 4.78 is 0. The lowest BCUT2D eigenvalue weighted by Crippen LogP contribution is -2.63. The van der Waals surface area contributed by atoms with Crippen molar-refractivity contribution in [3.05, 3.63) is 68.3 Å². The molecule has 0 heterocycles. The van der Waals surface area contributed by atoms with E-state index in [-0.39, 0.29) is 119 Å². The maximum absolute atomic E-state index is 14.8. The second-order valence-electron chi connectivity index (χ2n) is 27.8. The third-order valence-corrected chi connectivity index (χ3v) is 17.4. The van der Waals surface area contributed by atoms with Crippen LogP contribution in [-0.2, 0) is 57.5 Å². The molecule has 30 N–H and O–H groups in total. The molecule has 0 aromatic heterocycles. The fourth-order valence-electron chi connectivity index (χ4n) is 10.8. The molecule has 2 rings (SSSR count). The highest BCUT2D eigenvalue weighted by atomic mass is 16.6. The molecule has 0 spiro atoms. The third kappa shape index (κ3) is 35.1. The van der Waals surface area contributed by atoms with Gasteiger partial charge >= 0.3 is 0 Å². The number of aliphatic imine (C=N–C) groups is 3. The topological polar surface area (TPSA) is 730 Å². The van der Waals surface area contributed by atoms with Gasteiger partial charge in [-0.3, -0.25) is 97.5 Å². The van der Waals surface area contributed by atoms with Crippen LogP contribution in [0.5, 0.6) is 0 Å². The van der Waals surface area contributed by atoms with E-state index < -0.39 is 201 Å². The average Bonchev–Trinajstić information content (AvgIpc) is 0.849. The van der Waals surface area contributed by atoms with Crippen molar-refractivity contribution < 1.29 is 77.3 Å². The molecule has 0 fully saturated rings. The zero-order chi connectivity index (χ0) is 85.5. The van der Waals surface area contributed by atoms with Gasteiger partial charge in [-0.05, 0) is 114 Å². The van der Waals surface area contributed by atoms with Crippen molar-refractivity contribution >= 4 is 117 Å². The number of guanidine groups is 3. The second kappa shape index (κ2) is 49.1. The van der Waals surface area contributed by atoms with Gasteiger partial charge < -0.3 is 120 Å². The summed E-state index contributed by atoms with van der Waals surface area (Å²) in [6.07, 6.45) is -1.67. The lowest BCUT2D eigenvalue weighted by atomic mass is 9.95. The van der Waals surface area contributed by atoms with Crippen LogP contribution in [0.3, 0.4) is 0 Å². The van der Waals surface area contributed by atoms with Crippen molar-refractivity contribution in [1.82, 2.24) is 63.8 Å². The summed E-state index contributed by atoms with van der Waals surface area (Å²) in [5.41, 5.74) is 43.6. The van der Waals surface area contributed by atoms with Gasteiger partial charge in [0.1, 0.15) is 66.1 Å². The van der Waals surface area contributed by atoms with Crippen molar-refractivity contribution in [2.75, 3.05) is 50.3 Å². The van der Waals surface area contributed by atoms with Gasteiger partial charge in [-0.1, -0.05) is 73.9 Å². The van der Waals surface area contributed by atoms with Gasteiger partial charge in [0.2, 0.25) is 70.9 Å². The summed E-state index contributed by atoms with van der Waals surface area (Å²) in [7, 11) is 0. The Bertz CT molecular complexity index is 3710. The number of carbonyl (C=O) groups excluding carboxylic acids is 13. The predicted octanol–water partition coefficient (Wildman–Crippen LogP) is -4.88. The zero-order valence-electron chi connectivity index (χ0n) is 65.3. The van der Waals surface area contributed by atoms with Crippen molar-refractivity contribution in [2.24, 2.45) is 78.8 Å². The van der Waals surface area contributed by atoms with E-state index in [1.807, 2.05) is 0 Å². The maximum atomic E-state index is 14.8. The molecule has 113 heavy (non-hydrogen) atoms. The first kappa shape index (κ1) is 96.8. The lowest BCUT2D eigenvalue weighted by molar-refractivity contribution is -0.393. The summed E-state index contributed by atoms with van der Waals surface area (Å²) in [6, 6.07) is -5.59. The highest BCUT2D eigenvalue weighted by molar-refractivity contribution is 6.02. The molecule has 12 unspecified atom stereocenters. The van der Waals surface area contributed by atoms with Gasteiger partial charge in [0.25, 0.3) is 17.3 Å². The number of unbranched alkanes of at least 4 members (excludes halogenated alkanes) is 1. The summed E-state index contributed by atoms with van der Waals surface area (Å²) >= 11 is 0. The number of primary amides is 1. The first-order chi connectivity index (χ1) is 53.0. The normalized spacial score (nSPS) is 14.2. The predicted molar refractivity (Wildman–Crippen MR) is 418 cm³/mol. The number of rotatable bonds is 51. The van der Waals surface area contributed by atoms with Crippen LogP contribution >= 0.6 is 0 Å². The number of hydrogen-bond acceptors (Lipinski definition) is 23. The van der Waals surface area contributed by atoms with E-state index in [2.05, 4.69) is 84.1 Å². The SMILES string of the molecule is CCC(C)C(NC(=O)C(NC(=O)C(NC(=O)CNC(=O)CNC(=O)c1ccccc1N)C(C)C)C(C)C)C(=O)NC(C)C(=O)NC(C(=O)NC(C(=O)NC(CCCCNc1ccc([N+](=O)[O-])cc1[N+](=O)[O-])C(=O)NC(CCCN=C(N)N)C(=O)NC(CCCN=C(N)N)C(=O)NC(CCCN=C(N)N)C(N)=O)C(C)C)C(C)O. The molecule has 2 aromatic rings. The molecule has 0 saturated carbocycles. The van der Waals surface area contributed by atoms with E-state index in [9.17, 15) is 87.7 Å². The Balaban J connectivity index is 2.48. The average molecular weight is 1600 g/mol. The molecule has 0 bridgehead atoms. The van der Waals surface area contributed by atoms with Crippen LogP contribution in [0, 0.1) is 43.9 Å². The molecule has 13 amide bonds. The number of nitro groups is 2.